The standard InChI is InChI=1S/C14H11Cl2NO/c1-8-3-4-10(5-9(8)2)14(18)13-12(16)6-11(15)7-17-13/h3-7H,1-2H3. The Hall–Kier alpha value is -1.38. The molecule has 0 aliphatic carbocycles. The highest BCUT2D eigenvalue weighted by Gasteiger charge is 2.15. The lowest BCUT2D eigenvalue weighted by molar-refractivity contribution is 0.103. The molecule has 0 amide bonds. The van der Waals surface area contributed by atoms with Gasteiger partial charge in [0.25, 0.3) is 0 Å². The summed E-state index contributed by atoms with van der Waals surface area (Å²) in [6.07, 6.45) is 1.42. The van der Waals surface area contributed by atoms with Crippen molar-refractivity contribution in [1.29, 1.82) is 0 Å². The van der Waals surface area contributed by atoms with E-state index in [1.807, 2.05) is 26.0 Å². The molecule has 2 nitrogen and oxygen atoms in total. The van der Waals surface area contributed by atoms with Gasteiger partial charge in [0.05, 0.1) is 10.0 Å². The van der Waals surface area contributed by atoms with Crippen LogP contribution >= 0.6 is 23.2 Å². The number of ketones is 1. The number of carbonyl (C=O) groups is 1. The fraction of sp³-hybridized carbons (Fsp3) is 0.143. The van der Waals surface area contributed by atoms with Crippen LogP contribution in [0.15, 0.2) is 30.5 Å². The van der Waals surface area contributed by atoms with Gasteiger partial charge in [-0.25, -0.2) is 4.98 Å². The van der Waals surface area contributed by atoms with Crippen LogP contribution in [0.2, 0.25) is 10.0 Å². The largest absolute Gasteiger partial charge is 0.287 e. The first kappa shape index (κ1) is 13.1. The minimum atomic E-state index is -0.195. The van der Waals surface area contributed by atoms with Gasteiger partial charge >= 0.3 is 0 Å². The first-order valence-electron chi connectivity index (χ1n) is 5.42. The number of hydrogen-bond acceptors (Lipinski definition) is 2. The Morgan fingerprint density at radius 1 is 1.11 bits per heavy atom. The first-order chi connectivity index (χ1) is 8.49. The molecule has 0 N–H and O–H groups in total. The van der Waals surface area contributed by atoms with Crippen molar-refractivity contribution < 1.29 is 4.79 Å². The number of nitrogens with zero attached hydrogens (tertiary/aromatic N) is 1. The first-order valence-corrected chi connectivity index (χ1v) is 6.17. The molecular formula is C14H11Cl2NO. The molecule has 0 saturated carbocycles. The summed E-state index contributed by atoms with van der Waals surface area (Å²) in [7, 11) is 0. The SMILES string of the molecule is Cc1ccc(C(=O)c2ncc(Cl)cc2Cl)cc1C. The molecule has 0 aliphatic heterocycles. The fourth-order valence-electron chi connectivity index (χ4n) is 1.60. The van der Waals surface area contributed by atoms with Gasteiger partial charge in [0, 0.05) is 11.8 Å². The van der Waals surface area contributed by atoms with Gasteiger partial charge in [0.15, 0.2) is 0 Å². The summed E-state index contributed by atoms with van der Waals surface area (Å²) < 4.78 is 0. The van der Waals surface area contributed by atoms with Crippen LogP contribution < -0.4 is 0 Å². The van der Waals surface area contributed by atoms with Crippen molar-refractivity contribution in [3.05, 3.63) is 62.9 Å². The van der Waals surface area contributed by atoms with Crippen LogP contribution in [0.5, 0.6) is 0 Å². The van der Waals surface area contributed by atoms with E-state index in [0.717, 1.165) is 11.1 Å². The molecule has 0 spiro atoms. The van der Waals surface area contributed by atoms with Gasteiger partial charge in [-0.15, -0.1) is 0 Å². The molecule has 18 heavy (non-hydrogen) atoms. The number of pyridine rings is 1. The van der Waals surface area contributed by atoms with E-state index >= 15 is 0 Å². The van der Waals surface area contributed by atoms with E-state index in [0.29, 0.717) is 10.6 Å². The van der Waals surface area contributed by atoms with E-state index in [9.17, 15) is 4.79 Å². The van der Waals surface area contributed by atoms with Gasteiger partial charge in [0.1, 0.15) is 5.69 Å². The van der Waals surface area contributed by atoms with Crippen LogP contribution in [0.25, 0.3) is 0 Å². The number of carbonyl (C=O) groups excluding carboxylic acids is 1. The molecule has 0 atom stereocenters. The Morgan fingerprint density at radius 2 is 1.83 bits per heavy atom. The molecule has 1 aromatic heterocycles. The lowest BCUT2D eigenvalue weighted by Crippen LogP contribution is -2.05. The van der Waals surface area contributed by atoms with Crippen molar-refractivity contribution in [3.63, 3.8) is 0 Å². The van der Waals surface area contributed by atoms with E-state index in [4.69, 9.17) is 23.2 Å². The third kappa shape index (κ3) is 2.55. The average Bonchev–Trinajstić information content (AvgIpc) is 2.32. The molecule has 4 heteroatoms. The van der Waals surface area contributed by atoms with E-state index in [1.54, 1.807) is 6.07 Å². The van der Waals surface area contributed by atoms with Crippen LogP contribution in [-0.2, 0) is 0 Å². The number of benzene rings is 1. The van der Waals surface area contributed by atoms with Crippen molar-refractivity contribution in [2.45, 2.75) is 13.8 Å². The van der Waals surface area contributed by atoms with E-state index in [-0.39, 0.29) is 16.5 Å². The van der Waals surface area contributed by atoms with E-state index in [2.05, 4.69) is 4.98 Å². The predicted octanol–water partition coefficient (Wildman–Crippen LogP) is 4.24. The van der Waals surface area contributed by atoms with Crippen molar-refractivity contribution >= 4 is 29.0 Å². The summed E-state index contributed by atoms with van der Waals surface area (Å²) >= 11 is 11.7. The highest BCUT2D eigenvalue weighted by molar-refractivity contribution is 6.37. The monoisotopic (exact) mass is 279 g/mol. The fourth-order valence-corrected chi connectivity index (χ4v) is 2.07. The second-order valence-electron chi connectivity index (χ2n) is 4.11. The molecule has 0 radical (unpaired) electrons. The van der Waals surface area contributed by atoms with Crippen molar-refractivity contribution in [2.24, 2.45) is 0 Å². The summed E-state index contributed by atoms with van der Waals surface area (Å²) in [5.74, 6) is -0.195. The molecule has 0 unspecified atom stereocenters. The van der Waals surface area contributed by atoms with Crippen LogP contribution in [0.4, 0.5) is 0 Å². The topological polar surface area (TPSA) is 30.0 Å². The Bertz CT molecular complexity index is 623. The van der Waals surface area contributed by atoms with Gasteiger partial charge in [-0.3, -0.25) is 4.79 Å². The molecule has 0 bridgehead atoms. The predicted molar refractivity (Wildman–Crippen MR) is 73.6 cm³/mol. The Balaban J connectivity index is 2.44. The molecule has 0 fully saturated rings. The molecule has 0 aliphatic rings. The zero-order valence-corrected chi connectivity index (χ0v) is 11.5. The molecule has 2 aromatic rings. The lowest BCUT2D eigenvalue weighted by atomic mass is 10.0. The molecule has 0 saturated heterocycles. The quantitative estimate of drug-likeness (QED) is 0.770. The van der Waals surface area contributed by atoms with Gasteiger partial charge in [-0.2, -0.15) is 0 Å². The molecule has 92 valence electrons. The Morgan fingerprint density at radius 3 is 2.44 bits per heavy atom. The highest BCUT2D eigenvalue weighted by Crippen LogP contribution is 2.22. The van der Waals surface area contributed by atoms with Crippen LogP contribution in [0.3, 0.4) is 0 Å². The van der Waals surface area contributed by atoms with Gasteiger partial charge in [0.2, 0.25) is 5.78 Å². The average molecular weight is 280 g/mol. The zero-order chi connectivity index (χ0) is 13.3. The van der Waals surface area contributed by atoms with Crippen molar-refractivity contribution in [1.82, 2.24) is 4.98 Å². The van der Waals surface area contributed by atoms with Crippen molar-refractivity contribution in [2.75, 3.05) is 0 Å². The number of rotatable bonds is 2. The molecule has 2 rings (SSSR count). The Kier molecular flexibility index (Phi) is 3.69. The van der Waals surface area contributed by atoms with Crippen molar-refractivity contribution in [3.8, 4) is 0 Å². The van der Waals surface area contributed by atoms with E-state index < -0.39 is 0 Å². The van der Waals surface area contributed by atoms with Gasteiger partial charge < -0.3 is 0 Å². The summed E-state index contributed by atoms with van der Waals surface area (Å²) in [6, 6.07) is 7.04. The number of halogens is 2. The third-order valence-electron chi connectivity index (χ3n) is 2.79. The number of aromatic nitrogens is 1. The summed E-state index contributed by atoms with van der Waals surface area (Å²) in [4.78, 5) is 16.2. The smallest absolute Gasteiger partial charge is 0.212 e. The summed E-state index contributed by atoms with van der Waals surface area (Å²) in [6.45, 7) is 3.96. The maximum absolute atomic E-state index is 12.3. The normalized spacial score (nSPS) is 10.4. The summed E-state index contributed by atoms with van der Waals surface area (Å²) in [5.41, 5.74) is 3.01. The maximum Gasteiger partial charge on any atom is 0.212 e. The molecular weight excluding hydrogens is 269 g/mol. The highest BCUT2D eigenvalue weighted by atomic mass is 35.5. The number of aryl methyl sites for hydroxylation is 2. The van der Waals surface area contributed by atoms with E-state index in [1.165, 1.54) is 12.3 Å². The zero-order valence-electron chi connectivity index (χ0n) is 10.00. The van der Waals surface area contributed by atoms with Gasteiger partial charge in [-0.05, 0) is 37.1 Å². The number of hydrogen-bond donors (Lipinski definition) is 0. The van der Waals surface area contributed by atoms with Crippen LogP contribution in [0.1, 0.15) is 27.2 Å². The second-order valence-corrected chi connectivity index (χ2v) is 4.96. The minimum Gasteiger partial charge on any atom is -0.287 e. The third-order valence-corrected chi connectivity index (χ3v) is 3.29. The lowest BCUT2D eigenvalue weighted by Gasteiger charge is -2.05. The van der Waals surface area contributed by atoms with Crippen LogP contribution in [-0.4, -0.2) is 10.8 Å². The maximum atomic E-state index is 12.3. The second kappa shape index (κ2) is 5.09. The molecule has 1 heterocycles. The van der Waals surface area contributed by atoms with Gasteiger partial charge in [-0.1, -0.05) is 35.3 Å². The van der Waals surface area contributed by atoms with Crippen LogP contribution in [0, 0.1) is 13.8 Å². The Labute approximate surface area is 116 Å². The minimum absolute atomic E-state index is 0.195. The molecule has 1 aromatic carbocycles. The summed E-state index contributed by atoms with van der Waals surface area (Å²) in [5, 5.41) is 0.683.